The van der Waals surface area contributed by atoms with Crippen molar-refractivity contribution >= 4 is 0 Å². The van der Waals surface area contributed by atoms with Gasteiger partial charge in [-0.15, -0.1) is 6.58 Å². The average Bonchev–Trinajstić information content (AvgIpc) is 3.01. The second kappa shape index (κ2) is 10.4. The molecule has 0 aliphatic carbocycles. The largest absolute Gasteiger partial charge is 0.393 e. The van der Waals surface area contributed by atoms with Crippen molar-refractivity contribution in [1.29, 1.82) is 5.26 Å². The number of ether oxygens (including phenoxy) is 4. The lowest BCUT2D eigenvalue weighted by molar-refractivity contribution is -0.242. The van der Waals surface area contributed by atoms with Crippen molar-refractivity contribution in [2.45, 2.75) is 82.1 Å². The van der Waals surface area contributed by atoms with Crippen LogP contribution in [0.15, 0.2) is 12.7 Å². The topological polar surface area (TPSA) is 80.9 Å². The van der Waals surface area contributed by atoms with Crippen molar-refractivity contribution in [2.24, 2.45) is 5.92 Å². The molecule has 0 radical (unpaired) electrons. The highest BCUT2D eigenvalue weighted by Crippen LogP contribution is 2.39. The molecule has 5 atom stereocenters. The maximum Gasteiger partial charge on any atom is 0.173 e. The van der Waals surface area contributed by atoms with E-state index in [9.17, 15) is 5.11 Å². The van der Waals surface area contributed by atoms with Gasteiger partial charge in [0, 0.05) is 20.0 Å². The van der Waals surface area contributed by atoms with Crippen LogP contribution in [0.2, 0.25) is 0 Å². The van der Waals surface area contributed by atoms with Gasteiger partial charge in [0.1, 0.15) is 0 Å². The van der Waals surface area contributed by atoms with Crippen molar-refractivity contribution in [3.8, 4) is 6.07 Å². The van der Waals surface area contributed by atoms with E-state index in [1.807, 2.05) is 0 Å². The molecule has 0 unspecified atom stereocenters. The molecule has 26 heavy (non-hydrogen) atoms. The summed E-state index contributed by atoms with van der Waals surface area (Å²) in [5.74, 6) is -0.217. The Kier molecular flexibility index (Phi) is 8.52. The second-order valence-electron chi connectivity index (χ2n) is 7.61. The number of aliphatic hydroxyl groups is 1. The van der Waals surface area contributed by atoms with E-state index < -0.39 is 11.9 Å². The molecule has 2 rings (SSSR count). The molecule has 2 fully saturated rings. The van der Waals surface area contributed by atoms with E-state index in [4.69, 9.17) is 24.2 Å². The number of nitriles is 1. The first-order valence-corrected chi connectivity index (χ1v) is 9.62. The maximum absolute atomic E-state index is 9.98. The number of aliphatic hydroxyl groups excluding tert-OH is 1. The van der Waals surface area contributed by atoms with Gasteiger partial charge in [-0.2, -0.15) is 5.26 Å². The van der Waals surface area contributed by atoms with Gasteiger partial charge in [0.15, 0.2) is 5.79 Å². The minimum Gasteiger partial charge on any atom is -0.393 e. The number of hydrogen-bond acceptors (Lipinski definition) is 6. The first-order valence-electron chi connectivity index (χ1n) is 9.62. The van der Waals surface area contributed by atoms with Gasteiger partial charge in [-0.1, -0.05) is 13.0 Å². The molecule has 1 spiro atoms. The van der Waals surface area contributed by atoms with E-state index in [1.54, 1.807) is 13.2 Å². The Morgan fingerprint density at radius 1 is 1.31 bits per heavy atom. The summed E-state index contributed by atoms with van der Waals surface area (Å²) < 4.78 is 23.4. The second-order valence-corrected chi connectivity index (χ2v) is 7.61. The van der Waals surface area contributed by atoms with Crippen LogP contribution < -0.4 is 0 Å². The van der Waals surface area contributed by atoms with Gasteiger partial charge < -0.3 is 24.1 Å². The fourth-order valence-corrected chi connectivity index (χ4v) is 4.11. The average molecular weight is 367 g/mol. The molecular formula is C20H33NO5. The Morgan fingerprint density at radius 2 is 2.00 bits per heavy atom. The zero-order chi connectivity index (χ0) is 19.0. The predicted molar refractivity (Wildman–Crippen MR) is 97.4 cm³/mol. The van der Waals surface area contributed by atoms with Gasteiger partial charge in [0.2, 0.25) is 0 Å². The van der Waals surface area contributed by atoms with Crippen molar-refractivity contribution in [2.75, 3.05) is 20.3 Å². The Morgan fingerprint density at radius 3 is 2.62 bits per heavy atom. The highest BCUT2D eigenvalue weighted by molar-refractivity contribution is 4.91. The zero-order valence-corrected chi connectivity index (χ0v) is 16.1. The fraction of sp³-hybridized carbons (Fsp3) is 0.850. The normalized spacial score (nSPS) is 28.4. The summed E-state index contributed by atoms with van der Waals surface area (Å²) in [7, 11) is 1.69. The van der Waals surface area contributed by atoms with E-state index in [1.165, 1.54) is 0 Å². The van der Waals surface area contributed by atoms with Gasteiger partial charge in [0.05, 0.1) is 50.1 Å². The van der Waals surface area contributed by atoms with E-state index in [-0.39, 0.29) is 18.3 Å². The summed E-state index contributed by atoms with van der Waals surface area (Å²) in [6.45, 7) is 7.05. The summed E-state index contributed by atoms with van der Waals surface area (Å²) >= 11 is 0. The molecule has 6 nitrogen and oxygen atoms in total. The smallest absolute Gasteiger partial charge is 0.173 e. The number of rotatable bonds is 10. The molecule has 6 heteroatoms. The Balaban J connectivity index is 1.88. The van der Waals surface area contributed by atoms with Gasteiger partial charge in [-0.3, -0.25) is 0 Å². The van der Waals surface area contributed by atoms with Gasteiger partial charge in [-0.25, -0.2) is 0 Å². The van der Waals surface area contributed by atoms with E-state index >= 15 is 0 Å². The summed E-state index contributed by atoms with van der Waals surface area (Å²) in [5, 5.41) is 19.0. The van der Waals surface area contributed by atoms with Crippen LogP contribution in [0.4, 0.5) is 0 Å². The third-order valence-corrected chi connectivity index (χ3v) is 5.23. The lowest BCUT2D eigenvalue weighted by Crippen LogP contribution is -2.46. The van der Waals surface area contributed by atoms with Crippen molar-refractivity contribution in [3.63, 3.8) is 0 Å². The zero-order valence-electron chi connectivity index (χ0n) is 16.1. The SMILES string of the molecule is C=CC[C@H](O)C[C@H](C[C@H](C)C[C@@H]1CC2(C[C@H](CC#N)O1)OCCO2)OC. The van der Waals surface area contributed by atoms with Crippen LogP contribution in [0, 0.1) is 17.2 Å². The lowest BCUT2D eigenvalue weighted by atomic mass is 9.88. The molecular weight excluding hydrogens is 334 g/mol. The molecule has 0 aromatic carbocycles. The molecule has 2 heterocycles. The van der Waals surface area contributed by atoms with Crippen LogP contribution in [-0.2, 0) is 18.9 Å². The van der Waals surface area contributed by atoms with Crippen LogP contribution in [0.3, 0.4) is 0 Å². The summed E-state index contributed by atoms with van der Waals surface area (Å²) in [4.78, 5) is 0. The third-order valence-electron chi connectivity index (χ3n) is 5.23. The van der Waals surface area contributed by atoms with Crippen molar-refractivity contribution in [3.05, 3.63) is 12.7 Å². The summed E-state index contributed by atoms with van der Waals surface area (Å²) in [5.41, 5.74) is 0. The van der Waals surface area contributed by atoms with Crippen LogP contribution in [-0.4, -0.2) is 55.6 Å². The maximum atomic E-state index is 9.98. The molecule has 2 aliphatic heterocycles. The van der Waals surface area contributed by atoms with Gasteiger partial charge >= 0.3 is 0 Å². The number of methoxy groups -OCH3 is 1. The van der Waals surface area contributed by atoms with Crippen LogP contribution >= 0.6 is 0 Å². The lowest BCUT2D eigenvalue weighted by Gasteiger charge is -2.41. The molecule has 2 aliphatic rings. The number of nitrogens with zero attached hydrogens (tertiary/aromatic N) is 1. The van der Waals surface area contributed by atoms with Crippen LogP contribution in [0.1, 0.15) is 51.9 Å². The molecule has 0 saturated carbocycles. The summed E-state index contributed by atoms with van der Waals surface area (Å²) in [6, 6.07) is 2.20. The molecule has 1 N–H and O–H groups in total. The quantitative estimate of drug-likeness (QED) is 0.598. The first-order chi connectivity index (χ1) is 12.5. The molecule has 0 aromatic rings. The molecule has 0 amide bonds. The van der Waals surface area contributed by atoms with E-state index in [2.05, 4.69) is 19.6 Å². The van der Waals surface area contributed by atoms with Crippen LogP contribution in [0.5, 0.6) is 0 Å². The fourth-order valence-electron chi connectivity index (χ4n) is 4.11. The number of hydrogen-bond donors (Lipinski definition) is 1. The van der Waals surface area contributed by atoms with Gasteiger partial charge in [0.25, 0.3) is 0 Å². The molecule has 2 saturated heterocycles. The first kappa shape index (κ1) is 21.3. The Bertz CT molecular complexity index is 471. The molecule has 148 valence electrons. The highest BCUT2D eigenvalue weighted by Gasteiger charge is 2.46. The van der Waals surface area contributed by atoms with Crippen LogP contribution in [0.25, 0.3) is 0 Å². The monoisotopic (exact) mass is 367 g/mol. The Labute approximate surface area is 157 Å². The summed E-state index contributed by atoms with van der Waals surface area (Å²) in [6.07, 6.45) is 5.75. The minimum atomic E-state index is -0.578. The third kappa shape index (κ3) is 6.33. The van der Waals surface area contributed by atoms with E-state index in [0.29, 0.717) is 51.2 Å². The standard InChI is InChI=1S/C20H33NO5/c1-4-5-16(22)12-18(23-3)10-15(2)11-19-14-20(24-8-9-25-20)13-17(26-19)6-7-21/h4,15-19,22H,1,5-6,8-14H2,2-3H3/t15-,16-,17-,18-,19+/m0/s1. The highest BCUT2D eigenvalue weighted by atomic mass is 16.7. The van der Waals surface area contributed by atoms with Crippen molar-refractivity contribution < 1.29 is 24.1 Å². The van der Waals surface area contributed by atoms with Gasteiger partial charge in [-0.05, 0) is 31.6 Å². The molecule has 0 bridgehead atoms. The minimum absolute atomic E-state index is 0.00537. The van der Waals surface area contributed by atoms with Crippen molar-refractivity contribution in [1.82, 2.24) is 0 Å². The predicted octanol–water partition coefficient (Wildman–Crippen LogP) is 2.95. The molecule has 0 aromatic heterocycles. The van der Waals surface area contributed by atoms with E-state index in [0.717, 1.165) is 12.8 Å². The Hall–Kier alpha value is -0.970.